The van der Waals surface area contributed by atoms with Crippen molar-refractivity contribution in [3.8, 4) is 0 Å². The van der Waals surface area contributed by atoms with Crippen molar-refractivity contribution < 1.29 is 19.1 Å². The molecule has 0 aromatic heterocycles. The van der Waals surface area contributed by atoms with Crippen LogP contribution in [0.25, 0.3) is 6.08 Å². The van der Waals surface area contributed by atoms with Crippen molar-refractivity contribution in [1.29, 1.82) is 0 Å². The summed E-state index contributed by atoms with van der Waals surface area (Å²) in [5.74, 6) is -0.959. The van der Waals surface area contributed by atoms with E-state index in [1.54, 1.807) is 0 Å². The largest absolute Gasteiger partial charge is 0.421 e. The summed E-state index contributed by atoms with van der Waals surface area (Å²) in [7, 11) is 0. The predicted molar refractivity (Wildman–Crippen MR) is 95.3 cm³/mol. The lowest BCUT2D eigenvalue weighted by Crippen LogP contribution is -2.25. The van der Waals surface area contributed by atoms with Crippen LogP contribution in [0.5, 0.6) is 0 Å². The van der Waals surface area contributed by atoms with E-state index in [1.807, 2.05) is 31.2 Å². The molecule has 1 aromatic carbocycles. The first-order chi connectivity index (χ1) is 11.1. The minimum Gasteiger partial charge on any atom is -0.421 e. The first-order valence-electron chi connectivity index (χ1n) is 8.29. The summed E-state index contributed by atoms with van der Waals surface area (Å²) in [5, 5.41) is 0. The van der Waals surface area contributed by atoms with Gasteiger partial charge in [-0.3, -0.25) is 9.59 Å². The van der Waals surface area contributed by atoms with Crippen LogP contribution in [0, 0.1) is 0 Å². The van der Waals surface area contributed by atoms with Crippen LogP contribution in [-0.2, 0) is 24.5 Å². The number of hydrogen-bond donors (Lipinski definition) is 0. The molecule has 132 valence electrons. The van der Waals surface area contributed by atoms with Gasteiger partial charge in [-0.2, -0.15) is 0 Å². The van der Waals surface area contributed by atoms with E-state index in [1.165, 1.54) is 19.4 Å². The number of rotatable bonds is 6. The molecule has 0 fully saturated rings. The van der Waals surface area contributed by atoms with Gasteiger partial charge in [0.05, 0.1) is 0 Å². The van der Waals surface area contributed by atoms with Crippen molar-refractivity contribution in [1.82, 2.24) is 0 Å². The van der Waals surface area contributed by atoms with Crippen LogP contribution >= 0.6 is 0 Å². The Morgan fingerprint density at radius 3 is 2.08 bits per heavy atom. The zero-order valence-electron chi connectivity index (χ0n) is 15.5. The number of benzene rings is 1. The summed E-state index contributed by atoms with van der Waals surface area (Å²) in [4.78, 5) is 22.8. The van der Waals surface area contributed by atoms with Crippen LogP contribution in [0.3, 0.4) is 0 Å². The van der Waals surface area contributed by atoms with Gasteiger partial charge in [0.25, 0.3) is 6.29 Å². The normalized spacial score (nSPS) is 12.2. The fourth-order valence-electron chi connectivity index (χ4n) is 2.53. The molecule has 0 saturated carbocycles. The van der Waals surface area contributed by atoms with Gasteiger partial charge in [0, 0.05) is 19.4 Å². The van der Waals surface area contributed by atoms with E-state index in [0.29, 0.717) is 6.42 Å². The van der Waals surface area contributed by atoms with Crippen LogP contribution in [0.2, 0.25) is 0 Å². The van der Waals surface area contributed by atoms with Gasteiger partial charge in [0.1, 0.15) is 0 Å². The van der Waals surface area contributed by atoms with Crippen molar-refractivity contribution in [2.75, 3.05) is 0 Å². The van der Waals surface area contributed by atoms with Crippen LogP contribution < -0.4 is 0 Å². The van der Waals surface area contributed by atoms with Gasteiger partial charge in [0.15, 0.2) is 0 Å². The van der Waals surface area contributed by atoms with Crippen molar-refractivity contribution in [2.24, 2.45) is 0 Å². The lowest BCUT2D eigenvalue weighted by Gasteiger charge is -2.24. The monoisotopic (exact) mass is 332 g/mol. The Morgan fingerprint density at radius 1 is 1.08 bits per heavy atom. The molecule has 0 aliphatic rings. The molecule has 1 rings (SSSR count). The summed E-state index contributed by atoms with van der Waals surface area (Å²) in [6, 6.07) is 8.08. The van der Waals surface area contributed by atoms with E-state index < -0.39 is 18.2 Å². The third-order valence-corrected chi connectivity index (χ3v) is 3.50. The number of ether oxygens (including phenoxy) is 2. The van der Waals surface area contributed by atoms with Gasteiger partial charge in [-0.05, 0) is 29.0 Å². The highest BCUT2D eigenvalue weighted by atomic mass is 16.7. The van der Waals surface area contributed by atoms with Crippen molar-refractivity contribution in [3.63, 3.8) is 0 Å². The number of carbonyl (C=O) groups is 2. The Hall–Kier alpha value is -2.10. The molecule has 0 bridgehead atoms. The fraction of sp³-hybridized carbons (Fsp3) is 0.500. The highest BCUT2D eigenvalue weighted by molar-refractivity contribution is 5.69. The van der Waals surface area contributed by atoms with Gasteiger partial charge in [-0.15, -0.1) is 0 Å². The molecule has 0 unspecified atom stereocenters. The second kappa shape index (κ2) is 8.67. The van der Waals surface area contributed by atoms with Gasteiger partial charge in [-0.25, -0.2) is 0 Å². The molecule has 0 N–H and O–H groups in total. The van der Waals surface area contributed by atoms with Crippen LogP contribution in [-0.4, -0.2) is 18.2 Å². The molecular formula is C20H28O4. The quantitative estimate of drug-likeness (QED) is 0.563. The SMILES string of the molecule is CCC/C(=C\c1ccccc1C(C)(C)C)C(OC(C)=O)OC(C)=O. The topological polar surface area (TPSA) is 52.6 Å². The fourth-order valence-corrected chi connectivity index (χ4v) is 2.53. The summed E-state index contributed by atoms with van der Waals surface area (Å²) in [6.45, 7) is 11.1. The molecule has 0 radical (unpaired) electrons. The zero-order valence-corrected chi connectivity index (χ0v) is 15.5. The van der Waals surface area contributed by atoms with Crippen molar-refractivity contribution >= 4 is 18.0 Å². The Bertz CT molecular complexity index is 592. The number of carbonyl (C=O) groups excluding carboxylic acids is 2. The Morgan fingerprint density at radius 2 is 1.62 bits per heavy atom. The third-order valence-electron chi connectivity index (χ3n) is 3.50. The van der Waals surface area contributed by atoms with E-state index >= 15 is 0 Å². The van der Waals surface area contributed by atoms with Crippen molar-refractivity contribution in [3.05, 3.63) is 41.0 Å². The summed E-state index contributed by atoms with van der Waals surface area (Å²) >= 11 is 0. The van der Waals surface area contributed by atoms with Crippen LogP contribution in [0.15, 0.2) is 29.8 Å². The van der Waals surface area contributed by atoms with Gasteiger partial charge >= 0.3 is 11.9 Å². The maximum atomic E-state index is 11.4. The standard InChI is InChI=1S/C20H28O4/c1-7-10-17(19(23-14(2)21)24-15(3)22)13-16-11-8-9-12-18(16)20(4,5)6/h8-9,11-13,19H,7,10H2,1-6H3/b17-13+. The Balaban J connectivity index is 3.34. The molecule has 0 aliphatic heterocycles. The summed E-state index contributed by atoms with van der Waals surface area (Å²) in [5.41, 5.74) is 2.98. The molecule has 0 spiro atoms. The second-order valence-corrected chi connectivity index (χ2v) is 6.86. The molecule has 0 saturated heterocycles. The van der Waals surface area contributed by atoms with Crippen LogP contribution in [0.1, 0.15) is 65.5 Å². The Labute approximate surface area is 144 Å². The minimum atomic E-state index is -0.979. The minimum absolute atomic E-state index is 0.0250. The molecule has 0 aliphatic carbocycles. The molecule has 1 aromatic rings. The Kier molecular flexibility index (Phi) is 7.20. The number of esters is 2. The maximum Gasteiger partial charge on any atom is 0.305 e. The highest BCUT2D eigenvalue weighted by Crippen LogP contribution is 2.29. The third kappa shape index (κ3) is 6.19. The molecule has 0 atom stereocenters. The predicted octanol–water partition coefficient (Wildman–Crippen LogP) is 4.62. The zero-order chi connectivity index (χ0) is 18.3. The average molecular weight is 332 g/mol. The molecule has 24 heavy (non-hydrogen) atoms. The molecule has 0 heterocycles. The second-order valence-electron chi connectivity index (χ2n) is 6.86. The number of hydrogen-bond acceptors (Lipinski definition) is 4. The van der Waals surface area contributed by atoms with Gasteiger partial charge in [-0.1, -0.05) is 58.4 Å². The molecule has 4 heteroatoms. The van der Waals surface area contributed by atoms with Crippen molar-refractivity contribution in [2.45, 2.75) is 66.1 Å². The van der Waals surface area contributed by atoms with E-state index in [0.717, 1.165) is 17.6 Å². The smallest absolute Gasteiger partial charge is 0.305 e. The van der Waals surface area contributed by atoms with E-state index in [4.69, 9.17) is 9.47 Å². The highest BCUT2D eigenvalue weighted by Gasteiger charge is 2.22. The lowest BCUT2D eigenvalue weighted by atomic mass is 9.83. The van der Waals surface area contributed by atoms with Gasteiger partial charge in [0.2, 0.25) is 0 Å². The summed E-state index contributed by atoms with van der Waals surface area (Å²) in [6.07, 6.45) is 2.51. The van der Waals surface area contributed by atoms with Gasteiger partial charge < -0.3 is 9.47 Å². The first kappa shape index (κ1) is 19.9. The molecule has 4 nitrogen and oxygen atoms in total. The first-order valence-corrected chi connectivity index (χ1v) is 8.29. The molecular weight excluding hydrogens is 304 g/mol. The van der Waals surface area contributed by atoms with E-state index in [-0.39, 0.29) is 5.41 Å². The average Bonchev–Trinajstić information content (AvgIpc) is 2.44. The van der Waals surface area contributed by atoms with Crippen LogP contribution in [0.4, 0.5) is 0 Å². The van der Waals surface area contributed by atoms with E-state index in [2.05, 4.69) is 26.8 Å². The lowest BCUT2D eigenvalue weighted by molar-refractivity contribution is -0.178. The van der Waals surface area contributed by atoms with E-state index in [9.17, 15) is 9.59 Å². The summed E-state index contributed by atoms with van der Waals surface area (Å²) < 4.78 is 10.4. The molecule has 0 amide bonds. The maximum absolute atomic E-state index is 11.4.